The first-order chi connectivity index (χ1) is 9.89. The van der Waals surface area contributed by atoms with Crippen LogP contribution in [0.3, 0.4) is 0 Å². The maximum absolute atomic E-state index is 12.7. The smallest absolute Gasteiger partial charge is 0.243 e. The molecule has 21 heavy (non-hydrogen) atoms. The highest BCUT2D eigenvalue weighted by molar-refractivity contribution is 7.89. The van der Waals surface area contributed by atoms with Gasteiger partial charge in [0.2, 0.25) is 10.0 Å². The molecule has 1 aromatic heterocycles. The Kier molecular flexibility index (Phi) is 3.43. The summed E-state index contributed by atoms with van der Waals surface area (Å²) in [6, 6.07) is 2.96. The predicted octanol–water partition coefficient (Wildman–Crippen LogP) is 1.63. The van der Waals surface area contributed by atoms with E-state index in [0.717, 1.165) is 5.82 Å². The third-order valence-electron chi connectivity index (χ3n) is 3.60. The van der Waals surface area contributed by atoms with Gasteiger partial charge in [-0.05, 0) is 24.6 Å². The minimum absolute atomic E-state index is 0.168. The molecule has 0 amide bonds. The second-order valence-corrected chi connectivity index (χ2v) is 7.33. The van der Waals surface area contributed by atoms with Gasteiger partial charge in [-0.1, -0.05) is 11.6 Å². The molecule has 2 aromatic rings. The minimum Gasteiger partial charge on any atom is -0.397 e. The highest BCUT2D eigenvalue weighted by Crippen LogP contribution is 2.29. The van der Waals surface area contributed by atoms with Crippen molar-refractivity contribution in [3.63, 3.8) is 0 Å². The van der Waals surface area contributed by atoms with E-state index in [1.165, 1.54) is 10.4 Å². The number of sulfonamides is 1. The van der Waals surface area contributed by atoms with Crippen LogP contribution >= 0.6 is 11.6 Å². The van der Waals surface area contributed by atoms with Crippen molar-refractivity contribution in [2.75, 3.05) is 12.3 Å². The van der Waals surface area contributed by atoms with Gasteiger partial charge in [-0.3, -0.25) is 0 Å². The summed E-state index contributed by atoms with van der Waals surface area (Å²) in [5.41, 5.74) is 6.70. The molecule has 1 aliphatic heterocycles. The second-order valence-electron chi connectivity index (χ2n) is 5.02. The van der Waals surface area contributed by atoms with Crippen molar-refractivity contribution in [1.29, 1.82) is 0 Å². The van der Waals surface area contributed by atoms with Crippen molar-refractivity contribution in [3.05, 3.63) is 40.9 Å². The molecule has 2 heterocycles. The average molecular weight is 327 g/mol. The summed E-state index contributed by atoms with van der Waals surface area (Å²) in [4.78, 5) is 4.34. The summed E-state index contributed by atoms with van der Waals surface area (Å²) in [6.07, 6.45) is 3.53. The molecule has 0 atom stereocenters. The van der Waals surface area contributed by atoms with E-state index in [2.05, 4.69) is 4.98 Å². The SMILES string of the molecule is Cc1cc(S(=O)(=O)N2CCn3ccnc3C2)cc(N)c1Cl. The van der Waals surface area contributed by atoms with Gasteiger partial charge < -0.3 is 10.3 Å². The lowest BCUT2D eigenvalue weighted by Gasteiger charge is -2.27. The number of aryl methyl sites for hydroxylation is 1. The second kappa shape index (κ2) is 5.01. The summed E-state index contributed by atoms with van der Waals surface area (Å²) < 4.78 is 28.8. The van der Waals surface area contributed by atoms with Crippen molar-refractivity contribution in [1.82, 2.24) is 13.9 Å². The van der Waals surface area contributed by atoms with Gasteiger partial charge in [-0.25, -0.2) is 13.4 Å². The number of nitrogens with two attached hydrogens (primary N) is 1. The van der Waals surface area contributed by atoms with Crippen molar-refractivity contribution in [3.8, 4) is 0 Å². The van der Waals surface area contributed by atoms with Gasteiger partial charge in [0.15, 0.2) is 0 Å². The van der Waals surface area contributed by atoms with Crippen LogP contribution in [-0.2, 0) is 23.1 Å². The molecule has 0 spiro atoms. The van der Waals surface area contributed by atoms with E-state index < -0.39 is 10.0 Å². The van der Waals surface area contributed by atoms with E-state index in [4.69, 9.17) is 17.3 Å². The van der Waals surface area contributed by atoms with E-state index in [1.807, 2.05) is 10.8 Å². The number of benzene rings is 1. The number of fused-ring (bicyclic) bond motifs is 1. The fourth-order valence-electron chi connectivity index (χ4n) is 2.42. The van der Waals surface area contributed by atoms with E-state index in [0.29, 0.717) is 23.7 Å². The molecule has 3 rings (SSSR count). The Morgan fingerprint density at radius 3 is 2.81 bits per heavy atom. The topological polar surface area (TPSA) is 81.2 Å². The zero-order chi connectivity index (χ0) is 15.2. The normalized spacial score (nSPS) is 15.9. The summed E-state index contributed by atoms with van der Waals surface area (Å²) in [5, 5.41) is 0.392. The molecular formula is C13H15ClN4O2S. The molecule has 0 fully saturated rings. The molecule has 0 radical (unpaired) electrons. The lowest BCUT2D eigenvalue weighted by Crippen LogP contribution is -2.38. The molecule has 0 saturated heterocycles. The van der Waals surface area contributed by atoms with Gasteiger partial charge >= 0.3 is 0 Å². The van der Waals surface area contributed by atoms with E-state index >= 15 is 0 Å². The van der Waals surface area contributed by atoms with Crippen LogP contribution in [0.15, 0.2) is 29.4 Å². The lowest BCUT2D eigenvalue weighted by atomic mass is 10.2. The molecule has 8 heteroatoms. The van der Waals surface area contributed by atoms with Crippen molar-refractivity contribution in [2.45, 2.75) is 24.9 Å². The monoisotopic (exact) mass is 326 g/mol. The Morgan fingerprint density at radius 1 is 1.33 bits per heavy atom. The van der Waals surface area contributed by atoms with Crippen LogP contribution in [0, 0.1) is 6.92 Å². The molecule has 1 aromatic carbocycles. The van der Waals surface area contributed by atoms with Gasteiger partial charge in [0, 0.05) is 25.5 Å². The molecule has 2 N–H and O–H groups in total. The number of hydrogen-bond acceptors (Lipinski definition) is 4. The summed E-state index contributed by atoms with van der Waals surface area (Å²) in [5.74, 6) is 0.739. The number of imidazole rings is 1. The Balaban J connectivity index is 1.98. The van der Waals surface area contributed by atoms with Gasteiger partial charge in [0.25, 0.3) is 0 Å². The highest BCUT2D eigenvalue weighted by atomic mass is 35.5. The number of hydrogen-bond donors (Lipinski definition) is 1. The fourth-order valence-corrected chi connectivity index (χ4v) is 4.03. The summed E-state index contributed by atoms with van der Waals surface area (Å²) in [7, 11) is -3.60. The van der Waals surface area contributed by atoms with Crippen molar-refractivity contribution in [2.24, 2.45) is 0 Å². The largest absolute Gasteiger partial charge is 0.397 e. The van der Waals surface area contributed by atoms with Crippen LogP contribution < -0.4 is 5.73 Å². The summed E-state index contributed by atoms with van der Waals surface area (Å²) >= 11 is 5.99. The Bertz CT molecular complexity index is 777. The number of aromatic nitrogens is 2. The third kappa shape index (κ3) is 2.41. The van der Waals surface area contributed by atoms with Crippen LogP contribution in [0.25, 0.3) is 0 Å². The van der Waals surface area contributed by atoms with Gasteiger partial charge in [-0.15, -0.1) is 0 Å². The Hall–Kier alpha value is -1.57. The highest BCUT2D eigenvalue weighted by Gasteiger charge is 2.29. The number of nitrogen functional groups attached to an aromatic ring is 1. The molecule has 112 valence electrons. The maximum Gasteiger partial charge on any atom is 0.243 e. The average Bonchev–Trinajstić information content (AvgIpc) is 2.91. The standard InChI is InChI=1S/C13H15ClN4O2S/c1-9-6-10(7-11(15)13(9)14)21(19,20)18-5-4-17-3-2-16-12(17)8-18/h2-3,6-7H,4-5,8,15H2,1H3. The van der Waals surface area contributed by atoms with E-state index in [9.17, 15) is 8.42 Å². The molecule has 1 aliphatic rings. The van der Waals surface area contributed by atoms with Crippen LogP contribution in [0.5, 0.6) is 0 Å². The van der Waals surface area contributed by atoms with Gasteiger partial charge in [0.05, 0.1) is 22.2 Å². The number of rotatable bonds is 2. The third-order valence-corrected chi connectivity index (χ3v) is 5.94. The molecule has 0 saturated carbocycles. The molecule has 6 nitrogen and oxygen atoms in total. The Labute approximate surface area is 128 Å². The van der Waals surface area contributed by atoms with Crippen LogP contribution in [0.4, 0.5) is 5.69 Å². The number of anilines is 1. The van der Waals surface area contributed by atoms with Crippen molar-refractivity contribution >= 4 is 27.3 Å². The molecule has 0 unspecified atom stereocenters. The zero-order valence-corrected chi connectivity index (χ0v) is 13.0. The van der Waals surface area contributed by atoms with Crippen LogP contribution in [-0.4, -0.2) is 28.8 Å². The minimum atomic E-state index is -3.60. The van der Waals surface area contributed by atoms with E-state index in [-0.39, 0.29) is 17.1 Å². The number of nitrogens with zero attached hydrogens (tertiary/aromatic N) is 3. The zero-order valence-electron chi connectivity index (χ0n) is 11.5. The fraction of sp³-hybridized carbons (Fsp3) is 0.308. The first-order valence-corrected chi connectivity index (χ1v) is 8.27. The predicted molar refractivity (Wildman–Crippen MR) is 80.4 cm³/mol. The van der Waals surface area contributed by atoms with E-state index in [1.54, 1.807) is 19.2 Å². The molecular weight excluding hydrogens is 312 g/mol. The first-order valence-electron chi connectivity index (χ1n) is 6.45. The van der Waals surface area contributed by atoms with Gasteiger partial charge in [0.1, 0.15) is 5.82 Å². The Morgan fingerprint density at radius 2 is 2.10 bits per heavy atom. The van der Waals surface area contributed by atoms with Crippen LogP contribution in [0.1, 0.15) is 11.4 Å². The maximum atomic E-state index is 12.7. The van der Waals surface area contributed by atoms with Crippen molar-refractivity contribution < 1.29 is 8.42 Å². The lowest BCUT2D eigenvalue weighted by molar-refractivity contribution is 0.335. The first kappa shape index (κ1) is 14.4. The molecule has 0 bridgehead atoms. The summed E-state index contributed by atoms with van der Waals surface area (Å²) in [6.45, 7) is 3.00. The van der Waals surface area contributed by atoms with Gasteiger partial charge in [-0.2, -0.15) is 4.31 Å². The van der Waals surface area contributed by atoms with Crippen LogP contribution in [0.2, 0.25) is 5.02 Å². The quantitative estimate of drug-likeness (QED) is 0.850. The molecule has 0 aliphatic carbocycles. The number of halogens is 1.